The Morgan fingerprint density at radius 2 is 2.06 bits per heavy atom. The maximum absolute atomic E-state index is 12.3. The van der Waals surface area contributed by atoms with Gasteiger partial charge in [-0.3, -0.25) is 4.79 Å². The van der Waals surface area contributed by atoms with E-state index < -0.39 is 20.1 Å². The molecule has 4 nitrogen and oxygen atoms in total. The van der Waals surface area contributed by atoms with Gasteiger partial charge in [0, 0.05) is 13.0 Å². The second-order valence-electron chi connectivity index (χ2n) is 7.15. The number of hydrogen-bond donors (Lipinski definition) is 1. The molecule has 2 saturated heterocycles. The van der Waals surface area contributed by atoms with Crippen molar-refractivity contribution in [3.63, 3.8) is 0 Å². The number of hydrogen-bond acceptors (Lipinski definition) is 3. The lowest BCUT2D eigenvalue weighted by Gasteiger charge is -2.37. The standard InChI is InChI=1S/C13H25NO3Si/c1-12(2,3)18(4,5)17-10-9-13(16)7-6-8-14(13)11(10)15/h10,16H,6-9H2,1-5H3/t10-,13+/m0/s1. The highest BCUT2D eigenvalue weighted by atomic mass is 28.4. The summed E-state index contributed by atoms with van der Waals surface area (Å²) in [4.78, 5) is 13.9. The molecule has 0 unspecified atom stereocenters. The number of carbonyl (C=O) groups excluding carboxylic acids is 1. The van der Waals surface area contributed by atoms with Crippen molar-refractivity contribution in [3.05, 3.63) is 0 Å². The molecule has 2 aliphatic rings. The Morgan fingerprint density at radius 1 is 1.44 bits per heavy atom. The van der Waals surface area contributed by atoms with Crippen molar-refractivity contribution in [3.8, 4) is 0 Å². The second kappa shape index (κ2) is 4.05. The number of amides is 1. The van der Waals surface area contributed by atoms with Crippen LogP contribution in [0.25, 0.3) is 0 Å². The van der Waals surface area contributed by atoms with Gasteiger partial charge in [0.15, 0.2) is 8.32 Å². The topological polar surface area (TPSA) is 49.8 Å². The number of fused-ring (bicyclic) bond motifs is 1. The maximum atomic E-state index is 12.3. The minimum Gasteiger partial charge on any atom is -0.405 e. The third kappa shape index (κ3) is 2.12. The second-order valence-corrected chi connectivity index (χ2v) is 11.9. The van der Waals surface area contributed by atoms with Gasteiger partial charge in [-0.1, -0.05) is 20.8 Å². The first kappa shape index (κ1) is 14.0. The lowest BCUT2D eigenvalue weighted by atomic mass is 10.1. The lowest BCUT2D eigenvalue weighted by molar-refractivity contribution is -0.141. The van der Waals surface area contributed by atoms with Gasteiger partial charge in [-0.05, 0) is 31.0 Å². The van der Waals surface area contributed by atoms with Gasteiger partial charge in [-0.2, -0.15) is 0 Å². The molecule has 2 aliphatic heterocycles. The van der Waals surface area contributed by atoms with E-state index in [1.165, 1.54) is 0 Å². The Morgan fingerprint density at radius 3 is 2.56 bits per heavy atom. The zero-order valence-corrected chi connectivity index (χ0v) is 13.1. The molecule has 0 aliphatic carbocycles. The van der Waals surface area contributed by atoms with Gasteiger partial charge >= 0.3 is 0 Å². The van der Waals surface area contributed by atoms with Gasteiger partial charge in [0.2, 0.25) is 0 Å². The summed E-state index contributed by atoms with van der Waals surface area (Å²) in [6.07, 6.45) is 1.60. The lowest BCUT2D eigenvalue weighted by Crippen LogP contribution is -2.46. The van der Waals surface area contributed by atoms with E-state index in [2.05, 4.69) is 33.9 Å². The molecule has 1 N–H and O–H groups in total. The van der Waals surface area contributed by atoms with Gasteiger partial charge in [0.25, 0.3) is 5.91 Å². The Kier molecular flexibility index (Phi) is 3.15. The molecule has 2 atom stereocenters. The van der Waals surface area contributed by atoms with Crippen LogP contribution in [-0.4, -0.2) is 42.6 Å². The molecule has 0 spiro atoms. The third-order valence-electron chi connectivity index (χ3n) is 4.76. The predicted octanol–water partition coefficient (Wildman–Crippen LogP) is 2.09. The number of aliphatic hydroxyl groups is 1. The van der Waals surface area contributed by atoms with Crippen LogP contribution in [0.5, 0.6) is 0 Å². The van der Waals surface area contributed by atoms with Crippen LogP contribution >= 0.6 is 0 Å². The van der Waals surface area contributed by atoms with Crippen molar-refractivity contribution in [2.24, 2.45) is 0 Å². The van der Waals surface area contributed by atoms with Gasteiger partial charge in [0.1, 0.15) is 11.8 Å². The van der Waals surface area contributed by atoms with Crippen molar-refractivity contribution in [2.45, 2.75) is 70.0 Å². The molecule has 2 heterocycles. The smallest absolute Gasteiger partial charge is 0.252 e. The molecule has 0 aromatic carbocycles. The largest absolute Gasteiger partial charge is 0.405 e. The van der Waals surface area contributed by atoms with Crippen LogP contribution in [0.15, 0.2) is 0 Å². The molecule has 2 rings (SSSR count). The molecule has 2 fully saturated rings. The highest BCUT2D eigenvalue weighted by Gasteiger charge is 2.54. The first-order chi connectivity index (χ1) is 8.07. The average molecular weight is 271 g/mol. The van der Waals surface area contributed by atoms with Gasteiger partial charge in [-0.15, -0.1) is 0 Å². The van der Waals surface area contributed by atoms with Crippen LogP contribution in [0.1, 0.15) is 40.0 Å². The van der Waals surface area contributed by atoms with E-state index in [-0.39, 0.29) is 10.9 Å². The zero-order chi connectivity index (χ0) is 13.8. The highest BCUT2D eigenvalue weighted by molar-refractivity contribution is 6.74. The fraction of sp³-hybridized carbons (Fsp3) is 0.923. The van der Waals surface area contributed by atoms with E-state index in [0.717, 1.165) is 6.42 Å². The van der Waals surface area contributed by atoms with E-state index in [9.17, 15) is 9.90 Å². The van der Waals surface area contributed by atoms with Crippen molar-refractivity contribution in [1.29, 1.82) is 0 Å². The zero-order valence-electron chi connectivity index (χ0n) is 12.1. The number of rotatable bonds is 2. The van der Waals surface area contributed by atoms with Crippen LogP contribution in [-0.2, 0) is 9.22 Å². The Hall–Kier alpha value is -0.393. The molecular weight excluding hydrogens is 246 g/mol. The first-order valence-electron chi connectivity index (χ1n) is 6.79. The fourth-order valence-electron chi connectivity index (χ4n) is 2.57. The van der Waals surface area contributed by atoms with E-state index >= 15 is 0 Å². The molecule has 0 aromatic heterocycles. The Bertz CT molecular complexity index is 364. The molecule has 5 heteroatoms. The fourth-order valence-corrected chi connectivity index (χ4v) is 3.82. The minimum absolute atomic E-state index is 0.0141. The van der Waals surface area contributed by atoms with Gasteiger partial charge < -0.3 is 14.4 Å². The third-order valence-corrected chi connectivity index (χ3v) is 9.24. The van der Waals surface area contributed by atoms with Gasteiger partial charge in [-0.25, -0.2) is 0 Å². The molecule has 0 saturated carbocycles. The van der Waals surface area contributed by atoms with Crippen molar-refractivity contribution < 1.29 is 14.3 Å². The maximum Gasteiger partial charge on any atom is 0.252 e. The quantitative estimate of drug-likeness (QED) is 0.782. The summed E-state index contributed by atoms with van der Waals surface area (Å²) in [5, 5.41) is 10.5. The molecule has 0 bridgehead atoms. The van der Waals surface area contributed by atoms with Gasteiger partial charge in [0.05, 0.1) is 0 Å². The van der Waals surface area contributed by atoms with E-state index in [1.54, 1.807) is 4.90 Å². The normalized spacial score (nSPS) is 33.1. The van der Waals surface area contributed by atoms with Crippen LogP contribution in [0, 0.1) is 0 Å². The number of carbonyl (C=O) groups is 1. The van der Waals surface area contributed by atoms with Crippen molar-refractivity contribution >= 4 is 14.2 Å². The van der Waals surface area contributed by atoms with Crippen LogP contribution < -0.4 is 0 Å². The summed E-state index contributed by atoms with van der Waals surface area (Å²) in [6, 6.07) is 0. The van der Waals surface area contributed by atoms with Crippen LogP contribution in [0.3, 0.4) is 0 Å². The molecule has 104 valence electrons. The first-order valence-corrected chi connectivity index (χ1v) is 9.69. The monoisotopic (exact) mass is 271 g/mol. The Labute approximate surface area is 110 Å². The average Bonchev–Trinajstić information content (AvgIpc) is 2.64. The molecule has 1 amide bonds. The van der Waals surface area contributed by atoms with Crippen LogP contribution in [0.2, 0.25) is 18.1 Å². The Balaban J connectivity index is 2.11. The minimum atomic E-state index is -1.95. The van der Waals surface area contributed by atoms with E-state index in [1.807, 2.05) is 0 Å². The number of nitrogens with zero attached hydrogens (tertiary/aromatic N) is 1. The summed E-state index contributed by atoms with van der Waals surface area (Å²) >= 11 is 0. The molecule has 18 heavy (non-hydrogen) atoms. The predicted molar refractivity (Wildman–Crippen MR) is 72.6 cm³/mol. The SMILES string of the molecule is CC(C)(C)[Si](C)(C)O[C@H]1C[C@]2(O)CCCN2C1=O. The van der Waals surface area contributed by atoms with Crippen molar-refractivity contribution in [1.82, 2.24) is 4.90 Å². The van der Waals surface area contributed by atoms with Crippen molar-refractivity contribution in [2.75, 3.05) is 6.54 Å². The summed E-state index contributed by atoms with van der Waals surface area (Å²) < 4.78 is 6.16. The van der Waals surface area contributed by atoms with E-state index in [0.29, 0.717) is 19.4 Å². The summed E-state index contributed by atoms with van der Waals surface area (Å²) in [5.74, 6) is -0.0141. The molecule has 0 aromatic rings. The highest BCUT2D eigenvalue weighted by Crippen LogP contribution is 2.43. The summed E-state index contributed by atoms with van der Waals surface area (Å²) in [7, 11) is -1.95. The summed E-state index contributed by atoms with van der Waals surface area (Å²) in [6.45, 7) is 11.5. The van der Waals surface area contributed by atoms with E-state index in [4.69, 9.17) is 4.43 Å². The molecule has 0 radical (unpaired) electrons. The molecular formula is C13H25NO3Si. The summed E-state index contributed by atoms with van der Waals surface area (Å²) in [5.41, 5.74) is -0.926. The van der Waals surface area contributed by atoms with Crippen LogP contribution in [0.4, 0.5) is 0 Å².